The van der Waals surface area contributed by atoms with E-state index in [1.54, 1.807) is 0 Å². The van der Waals surface area contributed by atoms with Gasteiger partial charge < -0.3 is 79.4 Å². The molecule has 8 heteroatoms. The zero-order valence-electron chi connectivity index (χ0n) is 12.3. The zero-order chi connectivity index (χ0) is 12.8. The summed E-state index contributed by atoms with van der Waals surface area (Å²) in [5, 5.41) is 0. The van der Waals surface area contributed by atoms with E-state index < -0.39 is 0 Å². The van der Waals surface area contributed by atoms with Crippen LogP contribution in [0.25, 0.3) is 11.1 Å². The van der Waals surface area contributed by atoms with Gasteiger partial charge in [0.2, 0.25) is 0 Å². The van der Waals surface area contributed by atoms with E-state index in [1.165, 1.54) is 11.1 Å². The van der Waals surface area contributed by atoms with Crippen molar-refractivity contribution in [1.82, 2.24) is 0 Å². The van der Waals surface area contributed by atoms with Crippen molar-refractivity contribution in [1.29, 1.82) is 0 Å². The molecule has 0 aliphatic carbocycles. The number of nitrogens with zero attached hydrogens (tertiary/aromatic N) is 2. The minimum Gasteiger partial charge on any atom is -1.00 e. The molecule has 0 amide bonds. The fourth-order valence-corrected chi connectivity index (χ4v) is 1.96. The average Bonchev–Trinajstić information content (AvgIpc) is 2.41. The van der Waals surface area contributed by atoms with Gasteiger partial charge in [0.1, 0.15) is 13.1 Å². The summed E-state index contributed by atoms with van der Waals surface area (Å²) in [6, 6.07) is 8.60. The molecule has 0 atom stereocenters. The van der Waals surface area contributed by atoms with E-state index in [0.29, 0.717) is 0 Å². The highest BCUT2D eigenvalue weighted by Gasteiger charge is 2.05. The Labute approximate surface area is 174 Å². The van der Waals surface area contributed by atoms with E-state index in [2.05, 4.69) is 69.7 Å². The molecule has 0 fully saturated rings. The van der Waals surface area contributed by atoms with Crippen molar-refractivity contribution in [2.24, 2.45) is 0 Å². The van der Waals surface area contributed by atoms with Crippen LogP contribution in [0.15, 0.2) is 49.1 Å². The molecule has 0 unspecified atom stereocenters. The SMILES string of the molecule is [Br-].[Br-].[Br-].[Br-].[NH3+]CC[n+]1ccc(-c2cc[n+](CC[NH3+])cc2)cc1. The van der Waals surface area contributed by atoms with Crippen LogP contribution in [-0.2, 0) is 13.1 Å². The van der Waals surface area contributed by atoms with Crippen molar-refractivity contribution < 1.29 is 88.5 Å². The van der Waals surface area contributed by atoms with Gasteiger partial charge >= 0.3 is 0 Å². The molecule has 6 N–H and O–H groups in total. The van der Waals surface area contributed by atoms with Gasteiger partial charge in [0.05, 0.1) is 0 Å². The highest BCUT2D eigenvalue weighted by Crippen LogP contribution is 2.15. The Hall–Kier alpha value is 0.140. The second-order valence-electron chi connectivity index (χ2n) is 4.36. The normalized spacial score (nSPS) is 8.64. The maximum atomic E-state index is 3.86. The first kappa shape index (κ1) is 27.0. The quantitative estimate of drug-likeness (QED) is 0.339. The van der Waals surface area contributed by atoms with Crippen molar-refractivity contribution in [3.05, 3.63) is 49.1 Å². The Morgan fingerprint density at radius 1 is 0.591 bits per heavy atom. The Kier molecular flexibility index (Phi) is 18.1. The van der Waals surface area contributed by atoms with Crippen LogP contribution in [0.3, 0.4) is 0 Å². The summed E-state index contributed by atoms with van der Waals surface area (Å²) >= 11 is 0. The van der Waals surface area contributed by atoms with Crippen molar-refractivity contribution >= 4 is 0 Å². The number of hydrogen-bond acceptors (Lipinski definition) is 0. The first-order valence-electron chi connectivity index (χ1n) is 6.40. The van der Waals surface area contributed by atoms with Gasteiger partial charge in [-0.3, -0.25) is 0 Å². The van der Waals surface area contributed by atoms with Gasteiger partial charge in [-0.1, -0.05) is 0 Å². The van der Waals surface area contributed by atoms with Crippen molar-refractivity contribution in [3.8, 4) is 11.1 Å². The molecule has 0 bridgehead atoms. The third-order valence-corrected chi connectivity index (χ3v) is 2.95. The van der Waals surface area contributed by atoms with Gasteiger partial charge in [0.15, 0.2) is 37.9 Å². The van der Waals surface area contributed by atoms with Gasteiger partial charge in [-0.2, -0.15) is 9.13 Å². The minimum absolute atomic E-state index is 0. The van der Waals surface area contributed by atoms with E-state index in [0.717, 1.165) is 26.2 Å². The highest BCUT2D eigenvalue weighted by molar-refractivity contribution is 5.60. The number of aromatic nitrogens is 2. The molecule has 0 spiro atoms. The van der Waals surface area contributed by atoms with E-state index in [9.17, 15) is 0 Å². The summed E-state index contributed by atoms with van der Waals surface area (Å²) in [7, 11) is 0. The molecule has 2 aromatic rings. The third kappa shape index (κ3) is 8.12. The molecule has 2 rings (SSSR count). The fraction of sp³-hybridized carbons (Fsp3) is 0.286. The average molecular weight is 566 g/mol. The molecule has 22 heavy (non-hydrogen) atoms. The summed E-state index contributed by atoms with van der Waals surface area (Å²) in [5.74, 6) is 0. The van der Waals surface area contributed by atoms with Gasteiger partial charge in [-0.05, 0) is 11.1 Å². The van der Waals surface area contributed by atoms with Gasteiger partial charge in [-0.15, -0.1) is 0 Å². The Bertz CT molecular complexity index is 444. The van der Waals surface area contributed by atoms with E-state index in [1.807, 2.05) is 0 Å². The fourth-order valence-electron chi connectivity index (χ4n) is 1.96. The number of quaternary nitrogens is 2. The van der Waals surface area contributed by atoms with Crippen molar-refractivity contribution in [3.63, 3.8) is 0 Å². The molecule has 0 aliphatic heterocycles. The molecular formula is C14H22Br4N4. The van der Waals surface area contributed by atoms with E-state index >= 15 is 0 Å². The molecule has 0 saturated carbocycles. The summed E-state index contributed by atoms with van der Waals surface area (Å²) in [4.78, 5) is 0. The smallest absolute Gasteiger partial charge is 0.196 e. The Balaban J connectivity index is -0.000000902. The Morgan fingerprint density at radius 3 is 1.09 bits per heavy atom. The molecule has 4 nitrogen and oxygen atoms in total. The summed E-state index contributed by atoms with van der Waals surface area (Å²) in [6.45, 7) is 3.78. The zero-order valence-corrected chi connectivity index (χ0v) is 18.6. The molecular weight excluding hydrogens is 544 g/mol. The first-order valence-corrected chi connectivity index (χ1v) is 6.40. The maximum absolute atomic E-state index is 3.86. The van der Waals surface area contributed by atoms with Crippen LogP contribution >= 0.6 is 0 Å². The van der Waals surface area contributed by atoms with Gasteiger partial charge in [0.25, 0.3) is 0 Å². The lowest BCUT2D eigenvalue weighted by atomic mass is 10.1. The summed E-state index contributed by atoms with van der Waals surface area (Å²) < 4.78 is 4.31. The monoisotopic (exact) mass is 562 g/mol. The lowest BCUT2D eigenvalue weighted by Gasteiger charge is -2.00. The molecule has 2 aromatic heterocycles. The summed E-state index contributed by atoms with van der Waals surface area (Å²) in [6.07, 6.45) is 8.43. The molecule has 0 aliphatic rings. The molecule has 126 valence electrons. The highest BCUT2D eigenvalue weighted by atomic mass is 79.9. The van der Waals surface area contributed by atoms with Crippen LogP contribution < -0.4 is 88.5 Å². The molecule has 0 saturated heterocycles. The molecule has 0 aromatic carbocycles. The van der Waals surface area contributed by atoms with Gasteiger partial charge in [0, 0.05) is 24.3 Å². The van der Waals surface area contributed by atoms with Crippen LogP contribution in [0.4, 0.5) is 0 Å². The third-order valence-electron chi connectivity index (χ3n) is 2.95. The number of hydrogen-bond donors (Lipinski definition) is 2. The van der Waals surface area contributed by atoms with Crippen molar-refractivity contribution in [2.75, 3.05) is 13.1 Å². The minimum atomic E-state index is 0. The first-order chi connectivity index (χ1) is 8.83. The molecule has 2 heterocycles. The largest absolute Gasteiger partial charge is 1.00 e. The second-order valence-corrected chi connectivity index (χ2v) is 4.36. The van der Waals surface area contributed by atoms with E-state index in [4.69, 9.17) is 0 Å². The van der Waals surface area contributed by atoms with Crippen molar-refractivity contribution in [2.45, 2.75) is 13.1 Å². The summed E-state index contributed by atoms with van der Waals surface area (Å²) in [5.41, 5.74) is 10.2. The maximum Gasteiger partial charge on any atom is 0.196 e. The topological polar surface area (TPSA) is 63.0 Å². The predicted octanol–water partition coefficient (Wildman–Crippen LogP) is -13.6. The van der Waals surface area contributed by atoms with Crippen LogP contribution in [0, 0.1) is 0 Å². The Morgan fingerprint density at radius 2 is 0.864 bits per heavy atom. The lowest BCUT2D eigenvalue weighted by molar-refractivity contribution is -0.712. The van der Waals surface area contributed by atoms with Gasteiger partial charge in [-0.25, -0.2) is 0 Å². The van der Waals surface area contributed by atoms with Crippen LogP contribution in [-0.4, -0.2) is 13.1 Å². The number of pyridine rings is 2. The standard InChI is InChI=1S/C14H20N4.4BrH/c15-5-11-17-7-1-13(2-8-17)14-3-9-18(10-4-14)12-6-16;;;;/h1-4,7-10H,5-6,11-12,15-16H2;4*1H/q+2;;;;/p-2. The van der Waals surface area contributed by atoms with E-state index in [-0.39, 0.29) is 67.9 Å². The van der Waals surface area contributed by atoms with Crippen LogP contribution in [0.5, 0.6) is 0 Å². The molecule has 0 radical (unpaired) electrons. The number of rotatable bonds is 5. The number of halogens is 4. The van der Waals surface area contributed by atoms with Crippen LogP contribution in [0.2, 0.25) is 0 Å². The second kappa shape index (κ2) is 14.7. The predicted molar refractivity (Wildman–Crippen MR) is 67.8 cm³/mol. The lowest BCUT2D eigenvalue weighted by Crippen LogP contribution is -3.00. The van der Waals surface area contributed by atoms with Crippen LogP contribution in [0.1, 0.15) is 0 Å².